The summed E-state index contributed by atoms with van der Waals surface area (Å²) in [7, 11) is 2.04. The molecule has 0 saturated carbocycles. The van der Waals surface area contributed by atoms with Gasteiger partial charge in [-0.1, -0.05) is 18.5 Å². The molecule has 92 valence electrons. The zero-order chi connectivity index (χ0) is 12.4. The van der Waals surface area contributed by atoms with E-state index in [1.165, 1.54) is 0 Å². The summed E-state index contributed by atoms with van der Waals surface area (Å²) in [6.45, 7) is 5.14. The van der Waals surface area contributed by atoms with Crippen LogP contribution in [0.15, 0.2) is 18.2 Å². The van der Waals surface area contributed by atoms with Gasteiger partial charge in [0, 0.05) is 18.1 Å². The fourth-order valence-corrected chi connectivity index (χ4v) is 1.96. The molecule has 1 aromatic heterocycles. The number of imidazole rings is 1. The number of benzene rings is 1. The lowest BCUT2D eigenvalue weighted by Gasteiger charge is -2.10. The van der Waals surface area contributed by atoms with E-state index in [0.29, 0.717) is 6.04 Å². The van der Waals surface area contributed by atoms with Gasteiger partial charge in [0.25, 0.3) is 0 Å². The van der Waals surface area contributed by atoms with E-state index in [4.69, 9.17) is 11.6 Å². The second-order valence-electron chi connectivity index (χ2n) is 4.41. The number of nitrogens with zero attached hydrogens (tertiary/aromatic N) is 2. The van der Waals surface area contributed by atoms with Gasteiger partial charge in [0.15, 0.2) is 0 Å². The standard InChI is InChI=1S/C13H18ClN3/c1-4-9(2)15-8-13-16-11-7-10(14)5-6-12(11)17(13)3/h5-7,9,15H,4,8H2,1-3H3. The highest BCUT2D eigenvalue weighted by Gasteiger charge is 2.08. The average molecular weight is 252 g/mol. The molecular formula is C13H18ClN3. The van der Waals surface area contributed by atoms with Crippen molar-refractivity contribution in [1.29, 1.82) is 0 Å². The summed E-state index contributed by atoms with van der Waals surface area (Å²) >= 11 is 5.97. The molecule has 0 amide bonds. The highest BCUT2D eigenvalue weighted by molar-refractivity contribution is 6.31. The Bertz CT molecular complexity index is 519. The van der Waals surface area contributed by atoms with E-state index < -0.39 is 0 Å². The summed E-state index contributed by atoms with van der Waals surface area (Å²) in [6.07, 6.45) is 1.12. The molecule has 1 unspecified atom stereocenters. The first-order chi connectivity index (χ1) is 8.11. The van der Waals surface area contributed by atoms with Crippen LogP contribution in [0.3, 0.4) is 0 Å². The van der Waals surface area contributed by atoms with Gasteiger partial charge in [-0.2, -0.15) is 0 Å². The molecule has 4 heteroatoms. The zero-order valence-corrected chi connectivity index (χ0v) is 11.3. The summed E-state index contributed by atoms with van der Waals surface area (Å²) in [6, 6.07) is 6.33. The van der Waals surface area contributed by atoms with E-state index in [9.17, 15) is 0 Å². The SMILES string of the molecule is CCC(C)NCc1nc2cc(Cl)ccc2n1C. The van der Waals surface area contributed by atoms with Crippen LogP contribution < -0.4 is 5.32 Å². The van der Waals surface area contributed by atoms with Crippen LogP contribution in [0.5, 0.6) is 0 Å². The second kappa shape index (κ2) is 5.07. The average Bonchev–Trinajstić information content (AvgIpc) is 2.62. The van der Waals surface area contributed by atoms with Gasteiger partial charge in [0.2, 0.25) is 0 Å². The number of aryl methyl sites for hydroxylation is 1. The Hall–Kier alpha value is -1.06. The largest absolute Gasteiger partial charge is 0.330 e. The van der Waals surface area contributed by atoms with Crippen LogP contribution in [-0.4, -0.2) is 15.6 Å². The van der Waals surface area contributed by atoms with Crippen LogP contribution >= 0.6 is 11.6 Å². The molecule has 1 atom stereocenters. The van der Waals surface area contributed by atoms with Crippen molar-refractivity contribution in [2.24, 2.45) is 7.05 Å². The lowest BCUT2D eigenvalue weighted by Crippen LogP contribution is -2.25. The van der Waals surface area contributed by atoms with Crippen molar-refractivity contribution in [3.63, 3.8) is 0 Å². The summed E-state index contributed by atoms with van der Waals surface area (Å²) in [5.74, 6) is 1.04. The summed E-state index contributed by atoms with van der Waals surface area (Å²) in [4.78, 5) is 4.60. The number of aromatic nitrogens is 2. The van der Waals surface area contributed by atoms with E-state index >= 15 is 0 Å². The Kier molecular flexibility index (Phi) is 3.69. The lowest BCUT2D eigenvalue weighted by molar-refractivity contribution is 0.517. The van der Waals surface area contributed by atoms with Gasteiger partial charge in [0.1, 0.15) is 5.82 Å². The molecule has 1 heterocycles. The summed E-state index contributed by atoms with van der Waals surface area (Å²) in [5.41, 5.74) is 2.08. The Morgan fingerprint density at radius 1 is 1.47 bits per heavy atom. The topological polar surface area (TPSA) is 29.9 Å². The first kappa shape index (κ1) is 12.4. The maximum absolute atomic E-state index is 5.97. The number of fused-ring (bicyclic) bond motifs is 1. The van der Waals surface area contributed by atoms with Crippen molar-refractivity contribution in [2.45, 2.75) is 32.9 Å². The van der Waals surface area contributed by atoms with Crippen LogP contribution in [0.4, 0.5) is 0 Å². The lowest BCUT2D eigenvalue weighted by atomic mass is 10.2. The summed E-state index contributed by atoms with van der Waals surface area (Å²) in [5, 5.41) is 4.18. The van der Waals surface area contributed by atoms with Gasteiger partial charge in [0.05, 0.1) is 17.6 Å². The van der Waals surface area contributed by atoms with Gasteiger partial charge in [-0.05, 0) is 31.5 Å². The molecule has 1 N–H and O–H groups in total. The molecule has 0 spiro atoms. The first-order valence-electron chi connectivity index (χ1n) is 5.96. The Morgan fingerprint density at radius 3 is 2.94 bits per heavy atom. The van der Waals surface area contributed by atoms with Crippen molar-refractivity contribution in [3.05, 3.63) is 29.0 Å². The van der Waals surface area contributed by atoms with Crippen molar-refractivity contribution < 1.29 is 0 Å². The quantitative estimate of drug-likeness (QED) is 0.905. The Labute approximate surface area is 107 Å². The number of nitrogens with one attached hydrogen (secondary N) is 1. The third kappa shape index (κ3) is 2.61. The predicted octanol–water partition coefficient (Wildman–Crippen LogP) is 3.11. The minimum absolute atomic E-state index is 0.512. The second-order valence-corrected chi connectivity index (χ2v) is 4.85. The van der Waals surface area contributed by atoms with Gasteiger partial charge in [-0.15, -0.1) is 0 Å². The maximum atomic E-state index is 5.97. The number of hydrogen-bond acceptors (Lipinski definition) is 2. The molecule has 0 saturated heterocycles. The van der Waals surface area contributed by atoms with Crippen LogP contribution in [0, 0.1) is 0 Å². The highest BCUT2D eigenvalue weighted by Crippen LogP contribution is 2.19. The summed E-state index contributed by atoms with van der Waals surface area (Å²) < 4.78 is 2.11. The molecular weight excluding hydrogens is 234 g/mol. The third-order valence-electron chi connectivity index (χ3n) is 3.16. The Morgan fingerprint density at radius 2 is 2.24 bits per heavy atom. The maximum Gasteiger partial charge on any atom is 0.123 e. The van der Waals surface area contributed by atoms with Crippen LogP contribution in [0.2, 0.25) is 5.02 Å². The van der Waals surface area contributed by atoms with Gasteiger partial charge >= 0.3 is 0 Å². The van der Waals surface area contributed by atoms with Crippen LogP contribution in [0.1, 0.15) is 26.1 Å². The smallest absolute Gasteiger partial charge is 0.123 e. The third-order valence-corrected chi connectivity index (χ3v) is 3.39. The van der Waals surface area contributed by atoms with E-state index in [1.807, 2.05) is 25.2 Å². The van der Waals surface area contributed by atoms with Gasteiger partial charge in [-0.25, -0.2) is 4.98 Å². The number of halogens is 1. The van der Waals surface area contributed by atoms with E-state index in [0.717, 1.165) is 34.8 Å². The van der Waals surface area contributed by atoms with Gasteiger partial charge < -0.3 is 9.88 Å². The van der Waals surface area contributed by atoms with E-state index in [2.05, 4.69) is 28.7 Å². The molecule has 2 aromatic rings. The normalized spacial score (nSPS) is 13.2. The van der Waals surface area contributed by atoms with Crippen molar-refractivity contribution >= 4 is 22.6 Å². The van der Waals surface area contributed by atoms with Crippen molar-refractivity contribution in [2.75, 3.05) is 0 Å². The minimum atomic E-state index is 0.512. The highest BCUT2D eigenvalue weighted by atomic mass is 35.5. The molecule has 0 fully saturated rings. The molecule has 0 aliphatic carbocycles. The molecule has 0 radical (unpaired) electrons. The molecule has 3 nitrogen and oxygen atoms in total. The van der Waals surface area contributed by atoms with Crippen molar-refractivity contribution in [1.82, 2.24) is 14.9 Å². The predicted molar refractivity (Wildman–Crippen MR) is 72.3 cm³/mol. The monoisotopic (exact) mass is 251 g/mol. The van der Waals surface area contributed by atoms with Gasteiger partial charge in [-0.3, -0.25) is 0 Å². The zero-order valence-electron chi connectivity index (χ0n) is 10.5. The molecule has 0 bridgehead atoms. The minimum Gasteiger partial charge on any atom is -0.330 e. The fourth-order valence-electron chi connectivity index (χ4n) is 1.79. The molecule has 1 aromatic carbocycles. The number of hydrogen-bond donors (Lipinski definition) is 1. The van der Waals surface area contributed by atoms with E-state index in [-0.39, 0.29) is 0 Å². The molecule has 0 aliphatic rings. The fraction of sp³-hybridized carbons (Fsp3) is 0.462. The first-order valence-corrected chi connectivity index (χ1v) is 6.34. The van der Waals surface area contributed by atoms with E-state index in [1.54, 1.807) is 0 Å². The molecule has 17 heavy (non-hydrogen) atoms. The number of rotatable bonds is 4. The molecule has 0 aliphatic heterocycles. The molecule has 2 rings (SSSR count). The van der Waals surface area contributed by atoms with Crippen molar-refractivity contribution in [3.8, 4) is 0 Å². The Balaban J connectivity index is 2.26. The van der Waals surface area contributed by atoms with Crippen LogP contribution in [-0.2, 0) is 13.6 Å². The van der Waals surface area contributed by atoms with Crippen LogP contribution in [0.25, 0.3) is 11.0 Å².